The van der Waals surface area contributed by atoms with Crippen LogP contribution >= 0.6 is 12.4 Å². The molecule has 0 atom stereocenters. The van der Waals surface area contributed by atoms with Gasteiger partial charge < -0.3 is 16.0 Å². The van der Waals surface area contributed by atoms with E-state index in [-0.39, 0.29) is 24.1 Å². The highest BCUT2D eigenvalue weighted by Crippen LogP contribution is 2.21. The zero-order valence-electron chi connectivity index (χ0n) is 11.6. The lowest BCUT2D eigenvalue weighted by Gasteiger charge is -2.31. The molecule has 7 heteroatoms. The van der Waals surface area contributed by atoms with Crippen LogP contribution in [-0.2, 0) is 0 Å². The van der Waals surface area contributed by atoms with Gasteiger partial charge in [0.2, 0.25) is 0 Å². The highest BCUT2D eigenvalue weighted by atomic mass is 35.5. The molecular formula is C14H20ClF2N3O. The average molecular weight is 320 g/mol. The molecule has 0 bridgehead atoms. The number of nitrogens with one attached hydrogen (secondary N) is 1. The lowest BCUT2D eigenvalue weighted by Crippen LogP contribution is -2.41. The van der Waals surface area contributed by atoms with Crippen molar-refractivity contribution in [2.24, 2.45) is 11.7 Å². The van der Waals surface area contributed by atoms with Crippen molar-refractivity contribution in [1.29, 1.82) is 0 Å². The fourth-order valence-corrected chi connectivity index (χ4v) is 2.45. The highest BCUT2D eigenvalue weighted by molar-refractivity contribution is 5.89. The van der Waals surface area contributed by atoms with E-state index in [1.807, 2.05) is 0 Å². The molecule has 1 aliphatic rings. The number of piperidine rings is 1. The van der Waals surface area contributed by atoms with Gasteiger partial charge in [0.25, 0.3) is 0 Å². The molecule has 0 saturated carbocycles. The molecule has 2 amide bonds. The first kappa shape index (κ1) is 17.7. The Morgan fingerprint density at radius 1 is 1.33 bits per heavy atom. The molecule has 118 valence electrons. The van der Waals surface area contributed by atoms with Gasteiger partial charge in [-0.25, -0.2) is 13.6 Å². The van der Waals surface area contributed by atoms with E-state index in [2.05, 4.69) is 5.32 Å². The minimum atomic E-state index is -0.767. The van der Waals surface area contributed by atoms with Crippen LogP contribution in [-0.4, -0.2) is 30.6 Å². The van der Waals surface area contributed by atoms with Gasteiger partial charge in [-0.3, -0.25) is 0 Å². The van der Waals surface area contributed by atoms with Crippen molar-refractivity contribution in [3.63, 3.8) is 0 Å². The Kier molecular flexibility index (Phi) is 6.84. The Bertz CT molecular complexity index is 479. The molecule has 1 aromatic carbocycles. The molecule has 0 aromatic heterocycles. The number of likely N-dealkylation sites (tertiary alicyclic amines) is 1. The zero-order valence-corrected chi connectivity index (χ0v) is 12.5. The number of benzene rings is 1. The Morgan fingerprint density at radius 3 is 2.57 bits per heavy atom. The van der Waals surface area contributed by atoms with Gasteiger partial charge >= 0.3 is 6.03 Å². The van der Waals surface area contributed by atoms with E-state index < -0.39 is 11.6 Å². The van der Waals surface area contributed by atoms with E-state index in [0.717, 1.165) is 31.4 Å². The molecule has 0 spiro atoms. The Labute approximate surface area is 129 Å². The maximum absolute atomic E-state index is 13.5. The smallest absolute Gasteiger partial charge is 0.321 e. The topological polar surface area (TPSA) is 58.4 Å². The first-order valence-corrected chi connectivity index (χ1v) is 6.81. The van der Waals surface area contributed by atoms with Crippen molar-refractivity contribution in [2.45, 2.75) is 19.3 Å². The number of hydrogen-bond acceptors (Lipinski definition) is 2. The van der Waals surface area contributed by atoms with E-state index in [1.165, 1.54) is 6.07 Å². The largest absolute Gasteiger partial charge is 0.330 e. The second-order valence-electron chi connectivity index (χ2n) is 5.06. The molecule has 2 rings (SSSR count). The fourth-order valence-electron chi connectivity index (χ4n) is 2.45. The quantitative estimate of drug-likeness (QED) is 0.900. The van der Waals surface area contributed by atoms with Crippen LogP contribution in [0, 0.1) is 17.6 Å². The summed E-state index contributed by atoms with van der Waals surface area (Å²) in [5, 5.41) is 2.47. The van der Waals surface area contributed by atoms with Crippen LogP contribution in [0.15, 0.2) is 18.2 Å². The van der Waals surface area contributed by atoms with E-state index >= 15 is 0 Å². The summed E-state index contributed by atoms with van der Waals surface area (Å²) in [5.74, 6) is -0.869. The number of amides is 2. The molecule has 0 aliphatic carbocycles. The molecule has 1 aromatic rings. The number of halogens is 3. The molecule has 1 saturated heterocycles. The van der Waals surface area contributed by atoms with Gasteiger partial charge in [-0.2, -0.15) is 0 Å². The van der Waals surface area contributed by atoms with Crippen LogP contribution in [0.4, 0.5) is 19.3 Å². The summed E-state index contributed by atoms with van der Waals surface area (Å²) in [6, 6.07) is 2.75. The van der Waals surface area contributed by atoms with Gasteiger partial charge in [-0.15, -0.1) is 12.4 Å². The standard InChI is InChI=1S/C14H19F2N3O.ClH/c15-11-1-2-13(12(16)9-11)18-14(20)19-7-4-10(3-6-17)5-8-19;/h1-2,9-10H,3-8,17H2,(H,18,20);1H. The third kappa shape index (κ3) is 4.82. The molecule has 0 radical (unpaired) electrons. The second-order valence-corrected chi connectivity index (χ2v) is 5.06. The van der Waals surface area contributed by atoms with Crippen LogP contribution in [0.25, 0.3) is 0 Å². The van der Waals surface area contributed by atoms with E-state index in [1.54, 1.807) is 4.90 Å². The molecule has 1 heterocycles. The van der Waals surface area contributed by atoms with Gasteiger partial charge in [0, 0.05) is 19.2 Å². The Balaban J connectivity index is 0.00000220. The summed E-state index contributed by atoms with van der Waals surface area (Å²) < 4.78 is 26.2. The van der Waals surface area contributed by atoms with Crippen molar-refractivity contribution in [1.82, 2.24) is 4.90 Å². The van der Waals surface area contributed by atoms with Crippen molar-refractivity contribution in [3.8, 4) is 0 Å². The SMILES string of the molecule is Cl.NCCC1CCN(C(=O)Nc2ccc(F)cc2F)CC1. The molecule has 1 aliphatic heterocycles. The van der Waals surface area contributed by atoms with Crippen LogP contribution in [0.3, 0.4) is 0 Å². The minimum Gasteiger partial charge on any atom is -0.330 e. The molecule has 0 unspecified atom stereocenters. The third-order valence-electron chi connectivity index (χ3n) is 3.65. The number of carbonyl (C=O) groups excluding carboxylic acids is 1. The predicted molar refractivity (Wildman–Crippen MR) is 80.6 cm³/mol. The average Bonchev–Trinajstić information content (AvgIpc) is 2.43. The second kappa shape index (κ2) is 8.14. The lowest BCUT2D eigenvalue weighted by molar-refractivity contribution is 0.180. The predicted octanol–water partition coefficient (Wildman–Crippen LogP) is 2.98. The number of nitrogens with two attached hydrogens (primary N) is 1. The van der Waals surface area contributed by atoms with Gasteiger partial charge in [-0.1, -0.05) is 0 Å². The first-order valence-electron chi connectivity index (χ1n) is 6.81. The van der Waals surface area contributed by atoms with Crippen molar-refractivity contribution >= 4 is 24.1 Å². The van der Waals surface area contributed by atoms with Crippen molar-refractivity contribution < 1.29 is 13.6 Å². The summed E-state index contributed by atoms with van der Waals surface area (Å²) >= 11 is 0. The number of rotatable bonds is 3. The lowest BCUT2D eigenvalue weighted by atomic mass is 9.94. The van der Waals surface area contributed by atoms with Gasteiger partial charge in [0.1, 0.15) is 11.6 Å². The summed E-state index contributed by atoms with van der Waals surface area (Å²) in [4.78, 5) is 13.6. The number of carbonyl (C=O) groups is 1. The van der Waals surface area contributed by atoms with Crippen LogP contribution < -0.4 is 11.1 Å². The molecule has 21 heavy (non-hydrogen) atoms. The van der Waals surface area contributed by atoms with E-state index in [4.69, 9.17) is 5.73 Å². The fraction of sp³-hybridized carbons (Fsp3) is 0.500. The molecule has 4 nitrogen and oxygen atoms in total. The maximum atomic E-state index is 13.5. The summed E-state index contributed by atoms with van der Waals surface area (Å²) in [6.07, 6.45) is 2.80. The van der Waals surface area contributed by atoms with E-state index in [0.29, 0.717) is 25.6 Å². The highest BCUT2D eigenvalue weighted by Gasteiger charge is 2.22. The van der Waals surface area contributed by atoms with E-state index in [9.17, 15) is 13.6 Å². The van der Waals surface area contributed by atoms with Gasteiger partial charge in [0.15, 0.2) is 0 Å². The first-order chi connectivity index (χ1) is 9.60. The Hall–Kier alpha value is -1.40. The van der Waals surface area contributed by atoms with Crippen molar-refractivity contribution in [3.05, 3.63) is 29.8 Å². The summed E-state index contributed by atoms with van der Waals surface area (Å²) in [5.41, 5.74) is 5.52. The molecule has 1 fully saturated rings. The number of urea groups is 1. The normalized spacial score (nSPS) is 15.5. The zero-order chi connectivity index (χ0) is 14.5. The number of nitrogens with zero attached hydrogens (tertiary/aromatic N) is 1. The minimum absolute atomic E-state index is 0. The maximum Gasteiger partial charge on any atom is 0.321 e. The number of hydrogen-bond donors (Lipinski definition) is 2. The summed E-state index contributed by atoms with van der Waals surface area (Å²) in [6.45, 7) is 1.94. The van der Waals surface area contributed by atoms with Crippen LogP contribution in [0.5, 0.6) is 0 Å². The number of anilines is 1. The van der Waals surface area contributed by atoms with Gasteiger partial charge in [-0.05, 0) is 43.9 Å². The monoisotopic (exact) mass is 319 g/mol. The Morgan fingerprint density at radius 2 is 2.00 bits per heavy atom. The van der Waals surface area contributed by atoms with Crippen LogP contribution in [0.2, 0.25) is 0 Å². The van der Waals surface area contributed by atoms with Crippen LogP contribution in [0.1, 0.15) is 19.3 Å². The van der Waals surface area contributed by atoms with Gasteiger partial charge in [0.05, 0.1) is 5.69 Å². The molecular weight excluding hydrogens is 300 g/mol. The van der Waals surface area contributed by atoms with Crippen molar-refractivity contribution in [2.75, 3.05) is 25.0 Å². The third-order valence-corrected chi connectivity index (χ3v) is 3.65. The summed E-state index contributed by atoms with van der Waals surface area (Å²) in [7, 11) is 0. The molecule has 3 N–H and O–H groups in total.